The lowest BCUT2D eigenvalue weighted by atomic mass is 10.1. The number of nitriles is 2. The molecule has 3 aromatic carbocycles. The van der Waals surface area contributed by atoms with Crippen LogP contribution in [0.5, 0.6) is 34.5 Å². The average molecular weight is 1090 g/mol. The van der Waals surface area contributed by atoms with Gasteiger partial charge in [-0.2, -0.15) is 10.5 Å². The molecule has 0 fully saturated rings. The highest BCUT2D eigenvalue weighted by Gasteiger charge is 2.12. The van der Waals surface area contributed by atoms with Gasteiger partial charge in [0.2, 0.25) is 13.1 Å². The zero-order chi connectivity index (χ0) is 58.5. The van der Waals surface area contributed by atoms with E-state index >= 15 is 0 Å². The molecule has 0 spiro atoms. The molecule has 0 saturated heterocycles. The zero-order valence-corrected chi connectivity index (χ0v) is 50.7. The molecule has 3 aromatic rings. The molecule has 0 amide bonds. The molecule has 0 N–H and O–H groups in total. The molecule has 10 nitrogen and oxygen atoms in total. The monoisotopic (exact) mass is 1090 g/mol. The van der Waals surface area contributed by atoms with Gasteiger partial charge in [0.05, 0.1) is 68.5 Å². The van der Waals surface area contributed by atoms with Gasteiger partial charge in [0.25, 0.3) is 0 Å². The van der Waals surface area contributed by atoms with Gasteiger partial charge >= 0.3 is 0 Å². The lowest BCUT2D eigenvalue weighted by Crippen LogP contribution is -2.03. The maximum Gasteiger partial charge on any atom is 0.214 e. The summed E-state index contributed by atoms with van der Waals surface area (Å²) >= 11 is 0. The van der Waals surface area contributed by atoms with Crippen LogP contribution in [0.15, 0.2) is 36.4 Å². The number of hydrogen-bond donors (Lipinski definition) is 0. The Bertz CT molecular complexity index is 2390. The van der Waals surface area contributed by atoms with Crippen molar-refractivity contribution in [3.05, 3.63) is 92.6 Å². The van der Waals surface area contributed by atoms with Crippen molar-refractivity contribution < 1.29 is 28.4 Å². The van der Waals surface area contributed by atoms with Crippen LogP contribution in [0.2, 0.25) is 0 Å². The largest absolute Gasteiger partial charge is 0.493 e. The van der Waals surface area contributed by atoms with E-state index in [0.29, 0.717) is 52.4 Å². The summed E-state index contributed by atoms with van der Waals surface area (Å²) in [6.45, 7) is 35.0. The molecule has 0 heterocycles. The van der Waals surface area contributed by atoms with Crippen LogP contribution in [-0.2, 0) is 0 Å². The summed E-state index contributed by atoms with van der Waals surface area (Å²) in [5.74, 6) is 23.3. The molecule has 0 saturated carbocycles. The highest BCUT2D eigenvalue weighted by molar-refractivity contribution is 5.55. The summed E-state index contributed by atoms with van der Waals surface area (Å²) in [4.78, 5) is 6.72. The molecule has 0 aliphatic heterocycles. The molecule has 0 aromatic heterocycles. The summed E-state index contributed by atoms with van der Waals surface area (Å²) in [7, 11) is 0. The standard InChI is InChI=1S/C26H42O2.2C22H28N2O2/c1-5-8-10-12-14-16-19-27-25-22-24(18-7-3)26(21-23(25)4)28-20-17-15-13-11-9-6-2;2*1-4-12-20-18-21(25-15-11-7-9-14-24-3)19(2)17-22(20)26-16-10-6-5-8-13-23/h21-22H,5-6,8-17,19-20H2,1-4H3;2*17-18H,5-11,14-16H2,1-2H3. The van der Waals surface area contributed by atoms with Gasteiger partial charge in [-0.05, 0) is 172 Å². The SMILES string of the molecule is CC#Cc1cc(OCCCCCCCC)c(C)cc1OCCCCCCCC.[C-]#[N+]CCCCCOc1cc(C#CC)c(OCCCCCC#N)cc1C.[C-]#[N+]CCCCCOc1cc(C#CC)c(OCCCCCC#N)cc1C. The number of benzene rings is 3. The average Bonchev–Trinajstić information content (AvgIpc) is 3.48. The first-order valence-electron chi connectivity index (χ1n) is 30.1. The number of ether oxygens (including phenoxy) is 6. The van der Waals surface area contributed by atoms with Gasteiger partial charge in [0.1, 0.15) is 34.5 Å². The molecule has 10 heteroatoms. The quantitative estimate of drug-likeness (QED) is 0.0314. The molecule has 80 heavy (non-hydrogen) atoms. The van der Waals surface area contributed by atoms with Gasteiger partial charge in [-0.15, -0.1) is 17.8 Å². The van der Waals surface area contributed by atoms with Crippen LogP contribution in [-0.4, -0.2) is 52.7 Å². The lowest BCUT2D eigenvalue weighted by Gasteiger charge is -2.14. The molecule has 0 radical (unpaired) electrons. The van der Waals surface area contributed by atoms with Crippen LogP contribution in [0.3, 0.4) is 0 Å². The first kappa shape index (κ1) is 71.1. The van der Waals surface area contributed by atoms with Crippen molar-refractivity contribution in [2.45, 2.75) is 222 Å². The van der Waals surface area contributed by atoms with E-state index in [4.69, 9.17) is 52.1 Å². The summed E-state index contributed by atoms with van der Waals surface area (Å²) in [6.07, 6.45) is 28.0. The van der Waals surface area contributed by atoms with E-state index in [2.05, 4.69) is 90.3 Å². The minimum Gasteiger partial charge on any atom is -0.493 e. The number of hydrogen-bond acceptors (Lipinski definition) is 8. The molecule has 0 atom stereocenters. The van der Waals surface area contributed by atoms with E-state index in [1.165, 1.54) is 64.2 Å². The minimum atomic E-state index is 0.595. The van der Waals surface area contributed by atoms with Crippen LogP contribution in [0.25, 0.3) is 9.69 Å². The second-order valence-electron chi connectivity index (χ2n) is 19.9. The Morgan fingerprint density at radius 1 is 0.350 bits per heavy atom. The van der Waals surface area contributed by atoms with E-state index in [1.807, 2.05) is 58.9 Å². The summed E-state index contributed by atoms with van der Waals surface area (Å²) in [5.41, 5.74) is 5.83. The van der Waals surface area contributed by atoms with Crippen molar-refractivity contribution in [3.63, 3.8) is 0 Å². The van der Waals surface area contributed by atoms with E-state index in [1.54, 1.807) is 0 Å². The lowest BCUT2D eigenvalue weighted by molar-refractivity contribution is 0.294. The van der Waals surface area contributed by atoms with Crippen LogP contribution >= 0.6 is 0 Å². The Labute approximate surface area is 486 Å². The van der Waals surface area contributed by atoms with Crippen LogP contribution in [0, 0.1) is 92.1 Å². The highest BCUT2D eigenvalue weighted by Crippen LogP contribution is 2.31. The van der Waals surface area contributed by atoms with Crippen LogP contribution < -0.4 is 28.4 Å². The molecule has 0 aliphatic rings. The zero-order valence-electron chi connectivity index (χ0n) is 50.7. The number of aryl methyl sites for hydroxylation is 3. The summed E-state index contributed by atoms with van der Waals surface area (Å²) < 4.78 is 35.7. The van der Waals surface area contributed by atoms with Crippen molar-refractivity contribution >= 4 is 0 Å². The fourth-order valence-corrected chi connectivity index (χ4v) is 8.27. The van der Waals surface area contributed by atoms with Crippen molar-refractivity contribution in [3.8, 4) is 82.2 Å². The number of nitrogens with zero attached hydrogens (tertiary/aromatic N) is 4. The maximum absolute atomic E-state index is 8.55. The van der Waals surface area contributed by atoms with Gasteiger partial charge in [0, 0.05) is 25.7 Å². The fraction of sp³-hybridized carbons (Fsp3) is 0.600. The third-order valence-electron chi connectivity index (χ3n) is 12.8. The van der Waals surface area contributed by atoms with E-state index < -0.39 is 0 Å². The Balaban J connectivity index is 0.000000601. The topological polar surface area (TPSA) is 112 Å². The normalized spacial score (nSPS) is 9.85. The first-order valence-corrected chi connectivity index (χ1v) is 30.1. The minimum absolute atomic E-state index is 0.595. The van der Waals surface area contributed by atoms with Gasteiger partial charge in [-0.1, -0.05) is 95.8 Å². The number of unbranched alkanes of at least 4 members (excludes halogenated alkanes) is 20. The third-order valence-corrected chi connectivity index (χ3v) is 12.8. The van der Waals surface area contributed by atoms with E-state index in [0.717, 1.165) is 171 Å². The van der Waals surface area contributed by atoms with Crippen molar-refractivity contribution in [1.82, 2.24) is 0 Å². The van der Waals surface area contributed by atoms with Gasteiger partial charge in [0.15, 0.2) is 0 Å². The van der Waals surface area contributed by atoms with Crippen LogP contribution in [0.4, 0.5) is 0 Å². The molecular weight excluding hydrogens is 993 g/mol. The smallest absolute Gasteiger partial charge is 0.214 e. The fourth-order valence-electron chi connectivity index (χ4n) is 8.27. The molecule has 0 bridgehead atoms. The van der Waals surface area contributed by atoms with Crippen molar-refractivity contribution in [2.24, 2.45) is 0 Å². The van der Waals surface area contributed by atoms with Gasteiger partial charge < -0.3 is 38.1 Å². The molecular formula is C70H98N4O6. The van der Waals surface area contributed by atoms with Crippen LogP contribution in [0.1, 0.15) is 235 Å². The highest BCUT2D eigenvalue weighted by atomic mass is 16.5. The van der Waals surface area contributed by atoms with E-state index in [9.17, 15) is 0 Å². The first-order chi connectivity index (χ1) is 39.2. The predicted molar refractivity (Wildman–Crippen MR) is 330 cm³/mol. The third kappa shape index (κ3) is 34.9. The Morgan fingerprint density at radius 3 is 0.863 bits per heavy atom. The predicted octanol–water partition coefficient (Wildman–Crippen LogP) is 18.4. The second kappa shape index (κ2) is 50.3. The Kier molecular flexibility index (Phi) is 44.7. The maximum atomic E-state index is 8.55. The molecule has 0 unspecified atom stereocenters. The molecule has 3 rings (SSSR count). The van der Waals surface area contributed by atoms with E-state index in [-0.39, 0.29) is 0 Å². The second-order valence-corrected chi connectivity index (χ2v) is 19.9. The Morgan fingerprint density at radius 2 is 0.600 bits per heavy atom. The number of rotatable bonds is 40. The Hall–Kier alpha value is -6.90. The van der Waals surface area contributed by atoms with Crippen molar-refractivity contribution in [1.29, 1.82) is 10.5 Å². The molecule has 434 valence electrons. The summed E-state index contributed by atoms with van der Waals surface area (Å²) in [6, 6.07) is 16.4. The molecule has 0 aliphatic carbocycles. The summed E-state index contributed by atoms with van der Waals surface area (Å²) in [5, 5.41) is 17.1. The van der Waals surface area contributed by atoms with Gasteiger partial charge in [-0.25, -0.2) is 13.1 Å². The van der Waals surface area contributed by atoms with Gasteiger partial charge in [-0.3, -0.25) is 0 Å². The van der Waals surface area contributed by atoms with Crippen molar-refractivity contribution in [2.75, 3.05) is 52.7 Å².